The normalized spacial score (nSPS) is 11.7. The number of halogens is 3. The van der Waals surface area contributed by atoms with E-state index in [4.69, 9.17) is 0 Å². The Morgan fingerprint density at radius 1 is 0.933 bits per heavy atom. The van der Waals surface area contributed by atoms with Crippen molar-refractivity contribution in [3.8, 4) is 0 Å². The first-order valence-electron chi connectivity index (χ1n) is 9.24. The summed E-state index contributed by atoms with van der Waals surface area (Å²) >= 11 is 1.23. The molecule has 30 heavy (non-hydrogen) atoms. The SMILES string of the molecule is O=C(CSc1nc2cc(C(F)(F)F)ccc2n1Cc1ccccc1)c1ccccc1. The molecular weight excluding hydrogens is 409 g/mol. The summed E-state index contributed by atoms with van der Waals surface area (Å²) in [5.41, 5.74) is 1.70. The van der Waals surface area contributed by atoms with Crippen LogP contribution in [0.3, 0.4) is 0 Å². The number of thioether (sulfide) groups is 1. The number of hydrogen-bond acceptors (Lipinski definition) is 3. The van der Waals surface area contributed by atoms with Crippen molar-refractivity contribution < 1.29 is 18.0 Å². The van der Waals surface area contributed by atoms with E-state index in [0.717, 1.165) is 17.7 Å². The number of ketones is 1. The van der Waals surface area contributed by atoms with Gasteiger partial charge in [0.2, 0.25) is 0 Å². The largest absolute Gasteiger partial charge is 0.416 e. The van der Waals surface area contributed by atoms with Crippen LogP contribution in [0.4, 0.5) is 13.2 Å². The Balaban J connectivity index is 1.69. The summed E-state index contributed by atoms with van der Waals surface area (Å²) in [6.45, 7) is 0.449. The lowest BCUT2D eigenvalue weighted by Gasteiger charge is -2.10. The molecule has 0 N–H and O–H groups in total. The van der Waals surface area contributed by atoms with E-state index in [1.807, 2.05) is 41.0 Å². The zero-order chi connectivity index (χ0) is 21.1. The predicted molar refractivity (Wildman–Crippen MR) is 112 cm³/mol. The molecule has 0 saturated heterocycles. The van der Waals surface area contributed by atoms with E-state index < -0.39 is 11.7 Å². The van der Waals surface area contributed by atoms with Gasteiger partial charge in [-0.1, -0.05) is 72.4 Å². The van der Waals surface area contributed by atoms with Crippen molar-refractivity contribution in [2.45, 2.75) is 17.9 Å². The number of Topliss-reactive ketones (excluding diaryl/α,β-unsaturated/α-hetero) is 1. The summed E-state index contributed by atoms with van der Waals surface area (Å²) in [6.07, 6.45) is -4.44. The standard InChI is InChI=1S/C23H17F3N2OS/c24-23(25,26)18-11-12-20-19(13-18)27-22(28(20)14-16-7-3-1-4-8-16)30-15-21(29)17-9-5-2-6-10-17/h1-13H,14-15H2. The summed E-state index contributed by atoms with van der Waals surface area (Å²) in [6, 6.07) is 22.1. The summed E-state index contributed by atoms with van der Waals surface area (Å²) in [5.74, 6) is 0.0868. The van der Waals surface area contributed by atoms with E-state index in [0.29, 0.717) is 22.8 Å². The fraction of sp³-hybridized carbons (Fsp3) is 0.130. The van der Waals surface area contributed by atoms with Crippen LogP contribution in [-0.4, -0.2) is 21.1 Å². The molecule has 3 aromatic carbocycles. The van der Waals surface area contributed by atoms with Crippen molar-refractivity contribution in [3.05, 3.63) is 95.6 Å². The average Bonchev–Trinajstić information content (AvgIpc) is 3.09. The van der Waals surface area contributed by atoms with Crippen molar-refractivity contribution in [1.82, 2.24) is 9.55 Å². The van der Waals surface area contributed by atoms with Gasteiger partial charge in [0.1, 0.15) is 0 Å². The molecule has 0 saturated carbocycles. The van der Waals surface area contributed by atoms with Crippen LogP contribution >= 0.6 is 11.8 Å². The first kappa shape index (κ1) is 20.2. The molecule has 0 aliphatic heterocycles. The minimum Gasteiger partial charge on any atom is -0.314 e. The van der Waals surface area contributed by atoms with Crippen LogP contribution in [0.1, 0.15) is 21.5 Å². The second-order valence-corrected chi connectivity index (χ2v) is 7.69. The molecule has 4 rings (SSSR count). The maximum absolute atomic E-state index is 13.1. The molecule has 0 unspecified atom stereocenters. The first-order chi connectivity index (χ1) is 14.4. The average molecular weight is 426 g/mol. The number of rotatable bonds is 6. The Morgan fingerprint density at radius 2 is 1.60 bits per heavy atom. The molecule has 4 aromatic rings. The van der Waals surface area contributed by atoms with Gasteiger partial charge in [-0.2, -0.15) is 13.2 Å². The number of carbonyl (C=O) groups is 1. The highest BCUT2D eigenvalue weighted by atomic mass is 32.2. The van der Waals surface area contributed by atoms with Crippen molar-refractivity contribution in [3.63, 3.8) is 0 Å². The highest BCUT2D eigenvalue weighted by molar-refractivity contribution is 7.99. The van der Waals surface area contributed by atoms with Crippen LogP contribution in [0.2, 0.25) is 0 Å². The zero-order valence-electron chi connectivity index (χ0n) is 15.8. The van der Waals surface area contributed by atoms with E-state index in [9.17, 15) is 18.0 Å². The predicted octanol–water partition coefficient (Wildman–Crippen LogP) is 6.08. The molecule has 0 spiro atoms. The highest BCUT2D eigenvalue weighted by Crippen LogP contribution is 2.33. The molecule has 0 radical (unpaired) electrons. The van der Waals surface area contributed by atoms with Crippen molar-refractivity contribution in [2.75, 3.05) is 5.75 Å². The van der Waals surface area contributed by atoms with E-state index in [-0.39, 0.29) is 17.1 Å². The fourth-order valence-corrected chi connectivity index (χ4v) is 4.06. The smallest absolute Gasteiger partial charge is 0.314 e. The fourth-order valence-electron chi connectivity index (χ4n) is 3.15. The van der Waals surface area contributed by atoms with Gasteiger partial charge in [0.05, 0.1) is 28.9 Å². The molecule has 0 fully saturated rings. The molecule has 152 valence electrons. The van der Waals surface area contributed by atoms with Crippen LogP contribution in [-0.2, 0) is 12.7 Å². The molecule has 0 aliphatic rings. The van der Waals surface area contributed by atoms with E-state index >= 15 is 0 Å². The topological polar surface area (TPSA) is 34.9 Å². The van der Waals surface area contributed by atoms with Gasteiger partial charge < -0.3 is 4.57 Å². The zero-order valence-corrected chi connectivity index (χ0v) is 16.6. The number of alkyl halides is 3. The van der Waals surface area contributed by atoms with E-state index in [2.05, 4.69) is 4.98 Å². The second-order valence-electron chi connectivity index (χ2n) is 6.75. The molecule has 1 aromatic heterocycles. The highest BCUT2D eigenvalue weighted by Gasteiger charge is 2.31. The molecule has 0 amide bonds. The molecular formula is C23H17F3N2OS. The minimum absolute atomic E-state index is 0.0603. The van der Waals surface area contributed by atoms with Gasteiger partial charge in [0, 0.05) is 5.56 Å². The summed E-state index contributed by atoms with van der Waals surface area (Å²) in [7, 11) is 0. The summed E-state index contributed by atoms with van der Waals surface area (Å²) in [4.78, 5) is 16.9. The molecule has 0 aliphatic carbocycles. The Kier molecular flexibility index (Phi) is 5.63. The van der Waals surface area contributed by atoms with Crippen molar-refractivity contribution in [1.29, 1.82) is 0 Å². The minimum atomic E-state index is -4.44. The number of imidazole rings is 1. The number of benzene rings is 3. The van der Waals surface area contributed by atoms with Crippen LogP contribution in [0.25, 0.3) is 11.0 Å². The van der Waals surface area contributed by atoms with Gasteiger partial charge in [-0.25, -0.2) is 4.98 Å². The third-order valence-electron chi connectivity index (χ3n) is 4.65. The monoisotopic (exact) mass is 426 g/mol. The third kappa shape index (κ3) is 4.41. The maximum atomic E-state index is 13.1. The van der Waals surface area contributed by atoms with Gasteiger partial charge in [-0.15, -0.1) is 0 Å². The Morgan fingerprint density at radius 3 is 2.27 bits per heavy atom. The lowest BCUT2D eigenvalue weighted by atomic mass is 10.2. The number of aromatic nitrogens is 2. The van der Waals surface area contributed by atoms with E-state index in [1.165, 1.54) is 17.8 Å². The van der Waals surface area contributed by atoms with Crippen LogP contribution in [0.15, 0.2) is 84.0 Å². The quantitative estimate of drug-likeness (QED) is 0.277. The summed E-state index contributed by atoms with van der Waals surface area (Å²) in [5, 5.41) is 0.512. The number of fused-ring (bicyclic) bond motifs is 1. The van der Waals surface area contributed by atoms with Crippen molar-refractivity contribution >= 4 is 28.6 Å². The Hall–Kier alpha value is -3.06. The van der Waals surface area contributed by atoms with Crippen LogP contribution in [0, 0.1) is 0 Å². The Labute approximate surface area is 175 Å². The number of carbonyl (C=O) groups excluding carboxylic acids is 1. The third-order valence-corrected chi connectivity index (χ3v) is 5.63. The van der Waals surface area contributed by atoms with Crippen LogP contribution < -0.4 is 0 Å². The Bertz CT molecular complexity index is 1170. The molecule has 0 bridgehead atoms. The van der Waals surface area contributed by atoms with Crippen molar-refractivity contribution in [2.24, 2.45) is 0 Å². The lowest BCUT2D eigenvalue weighted by molar-refractivity contribution is -0.137. The molecule has 7 heteroatoms. The second kappa shape index (κ2) is 8.36. The first-order valence-corrected chi connectivity index (χ1v) is 10.2. The number of nitrogens with zero attached hydrogens (tertiary/aromatic N) is 2. The molecule has 0 atom stereocenters. The maximum Gasteiger partial charge on any atom is 0.416 e. The van der Waals surface area contributed by atoms with Gasteiger partial charge in [-0.3, -0.25) is 4.79 Å². The molecule has 1 heterocycles. The van der Waals surface area contributed by atoms with Gasteiger partial charge >= 0.3 is 6.18 Å². The van der Waals surface area contributed by atoms with Gasteiger partial charge in [0.25, 0.3) is 0 Å². The summed E-state index contributed by atoms with van der Waals surface area (Å²) < 4.78 is 41.2. The number of hydrogen-bond donors (Lipinski definition) is 0. The lowest BCUT2D eigenvalue weighted by Crippen LogP contribution is -2.06. The van der Waals surface area contributed by atoms with Gasteiger partial charge in [-0.05, 0) is 23.8 Å². The van der Waals surface area contributed by atoms with E-state index in [1.54, 1.807) is 24.3 Å². The van der Waals surface area contributed by atoms with Crippen LogP contribution in [0.5, 0.6) is 0 Å². The van der Waals surface area contributed by atoms with Gasteiger partial charge in [0.15, 0.2) is 10.9 Å². The molecule has 3 nitrogen and oxygen atoms in total.